The van der Waals surface area contributed by atoms with Gasteiger partial charge in [-0.05, 0) is 19.8 Å². The van der Waals surface area contributed by atoms with Gasteiger partial charge in [0.2, 0.25) is 5.91 Å². The van der Waals surface area contributed by atoms with E-state index in [4.69, 9.17) is 10.7 Å². The topological polar surface area (TPSA) is 76.1 Å². The van der Waals surface area contributed by atoms with Gasteiger partial charge in [0.15, 0.2) is 9.34 Å². The Hall–Kier alpha value is -0.660. The lowest BCUT2D eigenvalue weighted by molar-refractivity contribution is -0.120. The number of nitrogens with zero attached hydrogens (tertiary/aromatic N) is 1. The van der Waals surface area contributed by atoms with Crippen LogP contribution in [0.25, 0.3) is 0 Å². The van der Waals surface area contributed by atoms with Gasteiger partial charge in [-0.2, -0.15) is 0 Å². The normalized spacial score (nSPS) is 18.0. The Balaban J connectivity index is 2.05. The molecule has 0 unspecified atom stereocenters. The van der Waals surface area contributed by atoms with Crippen molar-refractivity contribution in [2.75, 3.05) is 5.32 Å². The lowest BCUT2D eigenvalue weighted by atomic mass is 9.90. The summed E-state index contributed by atoms with van der Waals surface area (Å²) in [6, 6.07) is 0. The largest absolute Gasteiger partial charge is 0.302 e. The number of nitrogens with one attached hydrogen (secondary N) is 1. The molecule has 8 heteroatoms. The number of anilines is 1. The van der Waals surface area contributed by atoms with Crippen LogP contribution in [0.5, 0.6) is 0 Å². The first-order chi connectivity index (χ1) is 9.88. The summed E-state index contributed by atoms with van der Waals surface area (Å²) in [5.74, 6) is -0.0743. The maximum atomic E-state index is 12.3. The summed E-state index contributed by atoms with van der Waals surface area (Å²) >= 11 is 0.905. The summed E-state index contributed by atoms with van der Waals surface area (Å²) in [6.45, 7) is 1.57. The molecule has 0 saturated heterocycles. The highest BCUT2D eigenvalue weighted by Gasteiger charge is 2.23. The number of thiazole rings is 1. The van der Waals surface area contributed by atoms with Crippen LogP contribution < -0.4 is 5.32 Å². The molecule has 0 spiro atoms. The van der Waals surface area contributed by atoms with Gasteiger partial charge in [0, 0.05) is 16.6 Å². The SMILES string of the molecule is Cc1nc(NC(=O)C2CCCCCCC2)sc1S(=O)(=O)Cl. The third-order valence-electron chi connectivity index (χ3n) is 3.68. The number of aromatic nitrogens is 1. The molecule has 0 aliphatic heterocycles. The summed E-state index contributed by atoms with van der Waals surface area (Å²) in [5.41, 5.74) is 0.322. The van der Waals surface area contributed by atoms with Crippen LogP contribution in [0, 0.1) is 12.8 Å². The van der Waals surface area contributed by atoms with Gasteiger partial charge in [-0.25, -0.2) is 13.4 Å². The zero-order chi connectivity index (χ0) is 15.5. The van der Waals surface area contributed by atoms with E-state index in [9.17, 15) is 13.2 Å². The number of hydrogen-bond acceptors (Lipinski definition) is 5. The molecular formula is C13H19ClN2O3S2. The highest BCUT2D eigenvalue weighted by atomic mass is 35.7. The molecule has 1 fully saturated rings. The summed E-state index contributed by atoms with van der Waals surface area (Å²) in [4.78, 5) is 16.4. The van der Waals surface area contributed by atoms with Crippen LogP contribution in [0.4, 0.5) is 5.13 Å². The van der Waals surface area contributed by atoms with Crippen LogP contribution in [0.1, 0.15) is 50.6 Å². The maximum absolute atomic E-state index is 12.3. The third-order valence-corrected chi connectivity index (χ3v) is 6.93. The summed E-state index contributed by atoms with van der Waals surface area (Å²) in [7, 11) is 1.53. The molecule has 1 aromatic heterocycles. The van der Waals surface area contributed by atoms with Gasteiger partial charge in [-0.15, -0.1) is 0 Å². The Morgan fingerprint density at radius 2 is 1.81 bits per heavy atom. The molecule has 1 N–H and O–H groups in total. The van der Waals surface area contributed by atoms with Crippen molar-refractivity contribution in [2.45, 2.75) is 56.1 Å². The first-order valence-corrected chi connectivity index (χ1v) is 10.2. The lowest BCUT2D eigenvalue weighted by Crippen LogP contribution is -2.23. The standard InChI is InChI=1S/C13H19ClN2O3S2/c1-9-12(21(14,18)19)20-13(15-9)16-11(17)10-7-5-3-2-4-6-8-10/h10H,2-8H2,1H3,(H,15,16,17). The van der Waals surface area contributed by atoms with Crippen LogP contribution in [0.2, 0.25) is 0 Å². The minimum Gasteiger partial charge on any atom is -0.302 e. The van der Waals surface area contributed by atoms with Crippen molar-refractivity contribution >= 4 is 42.1 Å². The molecule has 0 radical (unpaired) electrons. The third kappa shape index (κ3) is 4.66. The first kappa shape index (κ1) is 16.7. The maximum Gasteiger partial charge on any atom is 0.272 e. The van der Waals surface area contributed by atoms with Crippen LogP contribution in [-0.2, 0) is 13.8 Å². The fourth-order valence-corrected chi connectivity index (χ4v) is 4.94. The first-order valence-electron chi connectivity index (χ1n) is 7.11. The van der Waals surface area contributed by atoms with E-state index in [1.54, 1.807) is 6.92 Å². The monoisotopic (exact) mass is 350 g/mol. The molecule has 1 heterocycles. The van der Waals surface area contributed by atoms with E-state index in [0.717, 1.165) is 37.0 Å². The predicted octanol–water partition coefficient (Wildman–Crippen LogP) is 3.68. The van der Waals surface area contributed by atoms with Crippen molar-refractivity contribution in [3.05, 3.63) is 5.69 Å². The minimum atomic E-state index is -3.81. The van der Waals surface area contributed by atoms with E-state index < -0.39 is 9.05 Å². The Kier molecular flexibility index (Phi) is 5.62. The number of amides is 1. The minimum absolute atomic E-state index is 0.00265. The number of carbonyl (C=O) groups excluding carboxylic acids is 1. The number of carbonyl (C=O) groups is 1. The zero-order valence-electron chi connectivity index (χ0n) is 11.9. The zero-order valence-corrected chi connectivity index (χ0v) is 14.3. The van der Waals surface area contributed by atoms with Crippen molar-refractivity contribution in [1.82, 2.24) is 4.98 Å². The van der Waals surface area contributed by atoms with Gasteiger partial charge in [0.05, 0.1) is 5.69 Å². The van der Waals surface area contributed by atoms with Crippen LogP contribution in [-0.4, -0.2) is 19.3 Å². The number of rotatable bonds is 3. The average molecular weight is 351 g/mol. The van der Waals surface area contributed by atoms with Crippen molar-refractivity contribution in [3.63, 3.8) is 0 Å². The van der Waals surface area contributed by atoms with Crippen molar-refractivity contribution in [3.8, 4) is 0 Å². The van der Waals surface area contributed by atoms with Gasteiger partial charge in [0.25, 0.3) is 9.05 Å². The van der Waals surface area contributed by atoms with Gasteiger partial charge >= 0.3 is 0 Å². The summed E-state index contributed by atoms with van der Waals surface area (Å²) < 4.78 is 22.7. The van der Waals surface area contributed by atoms with Crippen molar-refractivity contribution in [2.24, 2.45) is 5.92 Å². The second-order valence-electron chi connectivity index (χ2n) is 5.36. The Labute approximate surface area is 133 Å². The predicted molar refractivity (Wildman–Crippen MR) is 84.3 cm³/mol. The molecule has 0 atom stereocenters. The fraction of sp³-hybridized carbons (Fsp3) is 0.692. The molecule has 21 heavy (non-hydrogen) atoms. The van der Waals surface area contributed by atoms with E-state index in [0.29, 0.717) is 10.8 Å². The van der Waals surface area contributed by atoms with Gasteiger partial charge < -0.3 is 5.32 Å². The van der Waals surface area contributed by atoms with E-state index in [2.05, 4.69) is 10.3 Å². The molecule has 0 aromatic carbocycles. The average Bonchev–Trinajstić information content (AvgIpc) is 2.69. The van der Waals surface area contributed by atoms with Crippen LogP contribution in [0.15, 0.2) is 4.21 Å². The van der Waals surface area contributed by atoms with E-state index in [-0.39, 0.29) is 16.0 Å². The molecule has 1 amide bonds. The van der Waals surface area contributed by atoms with Gasteiger partial charge in [-0.3, -0.25) is 4.79 Å². The quantitative estimate of drug-likeness (QED) is 0.843. The van der Waals surface area contributed by atoms with Gasteiger partial charge in [-0.1, -0.05) is 43.4 Å². The molecular weight excluding hydrogens is 332 g/mol. The molecule has 2 rings (SSSR count). The summed E-state index contributed by atoms with van der Waals surface area (Å²) in [6.07, 6.45) is 7.50. The Bertz CT molecular complexity index is 605. The van der Waals surface area contributed by atoms with Gasteiger partial charge in [0.1, 0.15) is 0 Å². The Morgan fingerprint density at radius 3 is 2.33 bits per heavy atom. The molecule has 1 aliphatic rings. The highest BCUT2D eigenvalue weighted by molar-refractivity contribution is 8.15. The number of hydrogen-bond donors (Lipinski definition) is 1. The van der Waals surface area contributed by atoms with Crippen LogP contribution >= 0.6 is 22.0 Å². The number of halogens is 1. The van der Waals surface area contributed by atoms with E-state index in [1.165, 1.54) is 19.3 Å². The summed E-state index contributed by atoms with van der Waals surface area (Å²) in [5, 5.41) is 3.04. The second kappa shape index (κ2) is 7.07. The second-order valence-corrected chi connectivity index (χ2v) is 9.12. The number of aryl methyl sites for hydroxylation is 1. The van der Waals surface area contributed by atoms with E-state index >= 15 is 0 Å². The van der Waals surface area contributed by atoms with Crippen molar-refractivity contribution < 1.29 is 13.2 Å². The fourth-order valence-electron chi connectivity index (χ4n) is 2.59. The molecule has 1 aromatic rings. The molecule has 5 nitrogen and oxygen atoms in total. The van der Waals surface area contributed by atoms with Crippen LogP contribution in [0.3, 0.4) is 0 Å². The highest BCUT2D eigenvalue weighted by Crippen LogP contribution is 2.31. The molecule has 1 aliphatic carbocycles. The smallest absolute Gasteiger partial charge is 0.272 e. The molecule has 118 valence electrons. The van der Waals surface area contributed by atoms with E-state index in [1.807, 2.05) is 0 Å². The molecule has 1 saturated carbocycles. The van der Waals surface area contributed by atoms with Crippen molar-refractivity contribution in [1.29, 1.82) is 0 Å². The lowest BCUT2D eigenvalue weighted by Gasteiger charge is -2.18. The Morgan fingerprint density at radius 1 is 1.24 bits per heavy atom. The molecule has 0 bridgehead atoms.